The van der Waals surface area contributed by atoms with Gasteiger partial charge in [-0.1, -0.05) is 0 Å². The summed E-state index contributed by atoms with van der Waals surface area (Å²) in [5.41, 5.74) is 0.482. The molecule has 2 saturated heterocycles. The number of nitro benzene ring substituents is 1. The van der Waals surface area contributed by atoms with Gasteiger partial charge in [-0.25, -0.2) is 4.79 Å². The highest BCUT2D eigenvalue weighted by atomic mass is 16.6. The largest absolute Gasteiger partial charge is 0.444 e. The van der Waals surface area contributed by atoms with Crippen LogP contribution in [0.5, 0.6) is 0 Å². The van der Waals surface area contributed by atoms with Crippen LogP contribution in [0, 0.1) is 10.1 Å². The van der Waals surface area contributed by atoms with Crippen molar-refractivity contribution in [2.24, 2.45) is 0 Å². The molecule has 0 saturated carbocycles. The third kappa shape index (κ3) is 4.03. The summed E-state index contributed by atoms with van der Waals surface area (Å²) in [4.78, 5) is 24.7. The average molecular weight is 347 g/mol. The number of anilines is 1. The Morgan fingerprint density at radius 3 is 2.24 bits per heavy atom. The van der Waals surface area contributed by atoms with Crippen molar-refractivity contribution in [3.05, 3.63) is 34.4 Å². The number of piperidine rings is 1. The molecule has 2 bridgehead atoms. The number of rotatable bonds is 3. The van der Waals surface area contributed by atoms with Crippen LogP contribution in [0.15, 0.2) is 24.3 Å². The average Bonchev–Trinajstić information content (AvgIpc) is 2.78. The van der Waals surface area contributed by atoms with Crippen molar-refractivity contribution >= 4 is 17.5 Å². The Balaban J connectivity index is 1.62. The minimum Gasteiger partial charge on any atom is -0.444 e. The van der Waals surface area contributed by atoms with Gasteiger partial charge < -0.3 is 15.0 Å². The molecule has 2 atom stereocenters. The molecule has 1 amide bonds. The van der Waals surface area contributed by atoms with Crippen molar-refractivity contribution in [1.82, 2.24) is 4.90 Å². The van der Waals surface area contributed by atoms with Crippen molar-refractivity contribution in [2.45, 2.75) is 70.2 Å². The normalized spacial score (nSPS) is 25.6. The number of fused-ring (bicyclic) bond motifs is 2. The van der Waals surface area contributed by atoms with E-state index in [9.17, 15) is 14.9 Å². The maximum Gasteiger partial charge on any atom is 0.410 e. The molecule has 2 heterocycles. The molecule has 7 heteroatoms. The highest BCUT2D eigenvalue weighted by Gasteiger charge is 2.44. The number of nitrogens with one attached hydrogen (secondary N) is 1. The van der Waals surface area contributed by atoms with Gasteiger partial charge in [0.05, 0.1) is 4.92 Å². The first kappa shape index (κ1) is 17.5. The lowest BCUT2D eigenvalue weighted by Gasteiger charge is -2.40. The summed E-state index contributed by atoms with van der Waals surface area (Å²) in [6.07, 6.45) is 3.53. The van der Waals surface area contributed by atoms with E-state index in [1.54, 1.807) is 12.1 Å². The highest BCUT2D eigenvalue weighted by Crippen LogP contribution is 2.37. The van der Waals surface area contributed by atoms with Gasteiger partial charge in [-0.15, -0.1) is 0 Å². The van der Waals surface area contributed by atoms with E-state index in [0.717, 1.165) is 31.4 Å². The van der Waals surface area contributed by atoms with E-state index < -0.39 is 10.5 Å². The lowest BCUT2D eigenvalue weighted by atomic mass is 9.97. The fourth-order valence-electron chi connectivity index (χ4n) is 3.82. The number of non-ortho nitro benzene ring substituents is 1. The Kier molecular flexibility index (Phi) is 4.58. The van der Waals surface area contributed by atoms with Gasteiger partial charge >= 0.3 is 6.09 Å². The maximum atomic E-state index is 12.5. The molecule has 136 valence electrons. The van der Waals surface area contributed by atoms with Crippen molar-refractivity contribution in [3.8, 4) is 0 Å². The van der Waals surface area contributed by atoms with Crippen LogP contribution in [-0.2, 0) is 4.74 Å². The maximum absolute atomic E-state index is 12.5. The van der Waals surface area contributed by atoms with Gasteiger partial charge in [0, 0.05) is 35.9 Å². The zero-order chi connectivity index (χ0) is 18.2. The summed E-state index contributed by atoms with van der Waals surface area (Å²) in [5.74, 6) is 0. The van der Waals surface area contributed by atoms with Crippen LogP contribution < -0.4 is 5.32 Å². The molecule has 0 spiro atoms. The third-order valence-electron chi connectivity index (χ3n) is 4.79. The minimum atomic E-state index is -0.482. The summed E-state index contributed by atoms with van der Waals surface area (Å²) in [6.45, 7) is 5.65. The van der Waals surface area contributed by atoms with E-state index in [2.05, 4.69) is 5.32 Å². The summed E-state index contributed by atoms with van der Waals surface area (Å²) in [5, 5.41) is 14.2. The van der Waals surface area contributed by atoms with E-state index in [0.29, 0.717) is 0 Å². The van der Waals surface area contributed by atoms with Crippen LogP contribution >= 0.6 is 0 Å². The molecule has 1 aromatic carbocycles. The quantitative estimate of drug-likeness (QED) is 0.661. The molecule has 3 rings (SSSR count). The van der Waals surface area contributed by atoms with Gasteiger partial charge in [0.1, 0.15) is 5.60 Å². The van der Waals surface area contributed by atoms with Crippen LogP contribution in [0.3, 0.4) is 0 Å². The van der Waals surface area contributed by atoms with Gasteiger partial charge in [0.15, 0.2) is 0 Å². The first-order valence-electron chi connectivity index (χ1n) is 8.75. The Labute approximate surface area is 147 Å². The molecule has 0 radical (unpaired) electrons. The summed E-state index contributed by atoms with van der Waals surface area (Å²) in [6, 6.07) is 7.14. The van der Waals surface area contributed by atoms with Gasteiger partial charge in [-0.3, -0.25) is 10.1 Å². The number of nitrogens with zero attached hydrogens (tertiary/aromatic N) is 2. The molecular formula is C18H25N3O4. The lowest BCUT2D eigenvalue weighted by molar-refractivity contribution is -0.384. The number of hydrogen-bond donors (Lipinski definition) is 1. The highest BCUT2D eigenvalue weighted by molar-refractivity contribution is 5.69. The van der Waals surface area contributed by atoms with Crippen LogP contribution in [0.1, 0.15) is 46.5 Å². The third-order valence-corrected chi connectivity index (χ3v) is 4.79. The topological polar surface area (TPSA) is 84.7 Å². The number of nitro groups is 1. The summed E-state index contributed by atoms with van der Waals surface area (Å²) < 4.78 is 5.55. The van der Waals surface area contributed by atoms with Gasteiger partial charge in [0.2, 0.25) is 0 Å². The van der Waals surface area contributed by atoms with E-state index in [1.807, 2.05) is 25.7 Å². The molecule has 2 unspecified atom stereocenters. The minimum absolute atomic E-state index is 0.0883. The predicted molar refractivity (Wildman–Crippen MR) is 94.6 cm³/mol. The van der Waals surface area contributed by atoms with E-state index in [4.69, 9.17) is 4.74 Å². The lowest BCUT2D eigenvalue weighted by Crippen LogP contribution is -2.51. The summed E-state index contributed by atoms with van der Waals surface area (Å²) in [7, 11) is 0. The molecule has 2 aliphatic heterocycles. The van der Waals surface area contributed by atoms with Crippen molar-refractivity contribution < 1.29 is 14.5 Å². The molecule has 1 N–H and O–H groups in total. The monoisotopic (exact) mass is 347 g/mol. The fourth-order valence-corrected chi connectivity index (χ4v) is 3.82. The number of carbonyl (C=O) groups is 1. The van der Waals surface area contributed by atoms with E-state index >= 15 is 0 Å². The molecule has 0 aromatic heterocycles. The predicted octanol–water partition coefficient (Wildman–Crippen LogP) is 3.94. The van der Waals surface area contributed by atoms with E-state index in [1.165, 1.54) is 12.1 Å². The smallest absolute Gasteiger partial charge is 0.410 e. The second-order valence-electron chi connectivity index (χ2n) is 7.89. The van der Waals surface area contributed by atoms with E-state index in [-0.39, 0.29) is 29.9 Å². The summed E-state index contributed by atoms with van der Waals surface area (Å²) >= 11 is 0. The number of hydrogen-bond acceptors (Lipinski definition) is 5. The Hall–Kier alpha value is -2.31. The van der Waals surface area contributed by atoms with Crippen LogP contribution in [-0.4, -0.2) is 39.6 Å². The standard InChI is InChI=1S/C18H25N3O4/c1-18(2,3)25-17(22)20-15-8-9-16(20)11-13(10-15)19-12-4-6-14(7-5-12)21(23)24/h4-7,13,15-16,19H,8-11H2,1-3H3. The first-order chi connectivity index (χ1) is 11.7. The number of benzene rings is 1. The van der Waals surface area contributed by atoms with Gasteiger partial charge in [-0.2, -0.15) is 0 Å². The first-order valence-corrected chi connectivity index (χ1v) is 8.75. The zero-order valence-electron chi connectivity index (χ0n) is 14.9. The molecule has 1 aromatic rings. The second kappa shape index (κ2) is 6.54. The Morgan fingerprint density at radius 2 is 1.76 bits per heavy atom. The van der Waals surface area contributed by atoms with Crippen LogP contribution in [0.2, 0.25) is 0 Å². The van der Waals surface area contributed by atoms with Gasteiger partial charge in [-0.05, 0) is 58.6 Å². The van der Waals surface area contributed by atoms with Crippen molar-refractivity contribution in [1.29, 1.82) is 0 Å². The molecule has 0 aliphatic carbocycles. The number of amides is 1. The van der Waals surface area contributed by atoms with Gasteiger partial charge in [0.25, 0.3) is 5.69 Å². The zero-order valence-corrected chi connectivity index (χ0v) is 14.9. The van der Waals surface area contributed by atoms with Crippen molar-refractivity contribution in [2.75, 3.05) is 5.32 Å². The van der Waals surface area contributed by atoms with Crippen molar-refractivity contribution in [3.63, 3.8) is 0 Å². The Bertz CT molecular complexity index is 639. The molecule has 2 aliphatic rings. The number of ether oxygens (including phenoxy) is 1. The fraction of sp³-hybridized carbons (Fsp3) is 0.611. The SMILES string of the molecule is CC(C)(C)OC(=O)N1C2CCC1CC(Nc1ccc([N+](=O)[O-])cc1)C2. The second-order valence-corrected chi connectivity index (χ2v) is 7.89. The van der Waals surface area contributed by atoms with Crippen LogP contribution in [0.4, 0.5) is 16.2 Å². The molecular weight excluding hydrogens is 322 g/mol. The molecule has 2 fully saturated rings. The van der Waals surface area contributed by atoms with Crippen LogP contribution in [0.25, 0.3) is 0 Å². The molecule has 25 heavy (non-hydrogen) atoms. The number of carbonyl (C=O) groups excluding carboxylic acids is 1. The Morgan fingerprint density at radius 1 is 1.20 bits per heavy atom. The molecule has 7 nitrogen and oxygen atoms in total.